The first-order valence-electron chi connectivity index (χ1n) is 7.10. The molecule has 0 aromatic heterocycles. The minimum atomic E-state index is -2.92. The number of hydrazone groups is 1. The Balaban J connectivity index is 2.76. The molecular formula is C15H21F2N3O3S. The van der Waals surface area contributed by atoms with Gasteiger partial charge in [0.05, 0.1) is 19.4 Å². The lowest BCUT2D eigenvalue weighted by Gasteiger charge is -2.14. The molecule has 0 aliphatic heterocycles. The van der Waals surface area contributed by atoms with Gasteiger partial charge in [-0.05, 0) is 44.3 Å². The van der Waals surface area contributed by atoms with Crippen LogP contribution in [0, 0.1) is 0 Å². The smallest absolute Gasteiger partial charge is 0.387 e. The van der Waals surface area contributed by atoms with E-state index in [-0.39, 0.29) is 17.5 Å². The summed E-state index contributed by atoms with van der Waals surface area (Å²) in [7, 11) is 2.98. The predicted molar refractivity (Wildman–Crippen MR) is 92.0 cm³/mol. The first-order valence-corrected chi connectivity index (χ1v) is 7.51. The third-order valence-electron chi connectivity index (χ3n) is 2.92. The zero-order valence-electron chi connectivity index (χ0n) is 13.9. The maximum Gasteiger partial charge on any atom is 0.387 e. The first kappa shape index (κ1) is 20.0. The van der Waals surface area contributed by atoms with Crippen LogP contribution in [0.4, 0.5) is 8.78 Å². The van der Waals surface area contributed by atoms with Gasteiger partial charge in [-0.2, -0.15) is 13.9 Å². The highest BCUT2D eigenvalue weighted by Crippen LogP contribution is 2.29. The standard InChI is InChI=1S/C15H21F2N3O3S/c1-9(8-21-3)18-15(24)20-19-10(2)11-5-6-12(23-14(16)17)13(7-11)22-4/h5-7,9,14H,8H2,1-4H3,(H2,18,20,24)/b19-10-/t9-/m0/s1. The van der Waals surface area contributed by atoms with Gasteiger partial charge in [0.2, 0.25) is 0 Å². The van der Waals surface area contributed by atoms with Crippen molar-refractivity contribution in [2.45, 2.75) is 26.5 Å². The van der Waals surface area contributed by atoms with Crippen molar-refractivity contribution in [1.82, 2.24) is 10.7 Å². The molecule has 1 atom stereocenters. The number of halogens is 2. The largest absolute Gasteiger partial charge is 0.493 e. The van der Waals surface area contributed by atoms with E-state index in [4.69, 9.17) is 21.7 Å². The summed E-state index contributed by atoms with van der Waals surface area (Å²) in [6.07, 6.45) is 0. The summed E-state index contributed by atoms with van der Waals surface area (Å²) in [4.78, 5) is 0. The molecule has 2 N–H and O–H groups in total. The van der Waals surface area contributed by atoms with E-state index >= 15 is 0 Å². The van der Waals surface area contributed by atoms with E-state index in [1.807, 2.05) is 6.92 Å². The van der Waals surface area contributed by atoms with Gasteiger partial charge in [-0.25, -0.2) is 0 Å². The Morgan fingerprint density at radius 3 is 2.58 bits per heavy atom. The Morgan fingerprint density at radius 2 is 2.00 bits per heavy atom. The molecule has 1 aromatic carbocycles. The highest BCUT2D eigenvalue weighted by Gasteiger charge is 2.12. The average molecular weight is 361 g/mol. The van der Waals surface area contributed by atoms with Gasteiger partial charge in [-0.1, -0.05) is 0 Å². The van der Waals surface area contributed by atoms with E-state index < -0.39 is 6.61 Å². The van der Waals surface area contributed by atoms with Gasteiger partial charge in [0.1, 0.15) is 0 Å². The number of alkyl halides is 2. The van der Waals surface area contributed by atoms with E-state index in [0.717, 1.165) is 0 Å². The molecule has 0 saturated carbocycles. The third kappa shape index (κ3) is 6.63. The van der Waals surface area contributed by atoms with Gasteiger partial charge in [0.15, 0.2) is 16.6 Å². The second kappa shape index (κ2) is 9.99. The number of nitrogens with zero attached hydrogens (tertiary/aromatic N) is 1. The number of ether oxygens (including phenoxy) is 3. The third-order valence-corrected chi connectivity index (χ3v) is 3.13. The molecule has 0 heterocycles. The van der Waals surface area contributed by atoms with E-state index in [2.05, 4.69) is 20.6 Å². The monoisotopic (exact) mass is 361 g/mol. The SMILES string of the molecule is COC[C@H](C)NC(=S)N/N=C(/C)c1ccc(OC(F)F)c(OC)c1. The summed E-state index contributed by atoms with van der Waals surface area (Å²) in [5.74, 6) is 0.152. The summed E-state index contributed by atoms with van der Waals surface area (Å²) in [5.41, 5.74) is 3.99. The van der Waals surface area contributed by atoms with Crippen LogP contribution in [0.1, 0.15) is 19.4 Å². The van der Waals surface area contributed by atoms with Crippen molar-refractivity contribution in [1.29, 1.82) is 0 Å². The molecule has 0 unspecified atom stereocenters. The van der Waals surface area contributed by atoms with E-state index in [1.54, 1.807) is 26.2 Å². The van der Waals surface area contributed by atoms with Crippen LogP contribution >= 0.6 is 12.2 Å². The zero-order chi connectivity index (χ0) is 18.1. The van der Waals surface area contributed by atoms with Gasteiger partial charge >= 0.3 is 6.61 Å². The molecule has 0 saturated heterocycles. The topological polar surface area (TPSA) is 64.1 Å². The molecule has 0 aliphatic carbocycles. The van der Waals surface area contributed by atoms with Crippen molar-refractivity contribution < 1.29 is 23.0 Å². The molecule has 0 fully saturated rings. The number of benzene rings is 1. The van der Waals surface area contributed by atoms with Crippen LogP contribution in [0.2, 0.25) is 0 Å². The van der Waals surface area contributed by atoms with Gasteiger partial charge < -0.3 is 19.5 Å². The highest BCUT2D eigenvalue weighted by atomic mass is 32.1. The molecule has 24 heavy (non-hydrogen) atoms. The van der Waals surface area contributed by atoms with Gasteiger partial charge in [-0.15, -0.1) is 0 Å². The van der Waals surface area contributed by atoms with Crippen molar-refractivity contribution in [3.8, 4) is 11.5 Å². The van der Waals surface area contributed by atoms with Crippen molar-refractivity contribution in [3.63, 3.8) is 0 Å². The Kier molecular flexibility index (Phi) is 8.34. The van der Waals surface area contributed by atoms with Crippen LogP contribution in [-0.4, -0.2) is 44.3 Å². The number of hydrogen-bond acceptors (Lipinski definition) is 5. The van der Waals surface area contributed by atoms with Crippen LogP contribution in [0.5, 0.6) is 11.5 Å². The number of rotatable bonds is 8. The fourth-order valence-corrected chi connectivity index (χ4v) is 2.08. The molecule has 0 aliphatic rings. The Labute approximate surface area is 145 Å². The predicted octanol–water partition coefficient (Wildman–Crippen LogP) is 2.52. The lowest BCUT2D eigenvalue weighted by Crippen LogP contribution is -2.40. The molecule has 1 rings (SSSR count). The summed E-state index contributed by atoms with van der Waals surface area (Å²) in [6, 6.07) is 4.60. The fraction of sp³-hybridized carbons (Fsp3) is 0.467. The Bertz CT molecular complexity index is 585. The molecule has 9 heteroatoms. The van der Waals surface area contributed by atoms with E-state index in [0.29, 0.717) is 23.0 Å². The second-order valence-electron chi connectivity index (χ2n) is 4.88. The Hall–Kier alpha value is -2.00. The van der Waals surface area contributed by atoms with Crippen LogP contribution < -0.4 is 20.2 Å². The quantitative estimate of drug-likeness (QED) is 0.421. The fourth-order valence-electron chi connectivity index (χ4n) is 1.83. The number of hydrogen-bond donors (Lipinski definition) is 2. The lowest BCUT2D eigenvalue weighted by atomic mass is 10.1. The van der Waals surface area contributed by atoms with Crippen LogP contribution in [0.3, 0.4) is 0 Å². The van der Waals surface area contributed by atoms with Gasteiger partial charge in [0.25, 0.3) is 0 Å². The Morgan fingerprint density at radius 1 is 1.29 bits per heavy atom. The number of methoxy groups -OCH3 is 2. The summed E-state index contributed by atoms with van der Waals surface area (Å²) >= 11 is 5.12. The van der Waals surface area contributed by atoms with Crippen molar-refractivity contribution >= 4 is 23.0 Å². The van der Waals surface area contributed by atoms with E-state index in [9.17, 15) is 8.78 Å². The van der Waals surface area contributed by atoms with Crippen molar-refractivity contribution in [2.24, 2.45) is 5.10 Å². The number of nitrogens with one attached hydrogen (secondary N) is 2. The molecule has 134 valence electrons. The summed E-state index contributed by atoms with van der Waals surface area (Å²) < 4.78 is 39.1. The average Bonchev–Trinajstić information content (AvgIpc) is 2.52. The van der Waals surface area contributed by atoms with Gasteiger partial charge in [0, 0.05) is 18.7 Å². The first-order chi connectivity index (χ1) is 11.4. The zero-order valence-corrected chi connectivity index (χ0v) is 14.7. The van der Waals surface area contributed by atoms with Crippen molar-refractivity contribution in [3.05, 3.63) is 23.8 Å². The maximum absolute atomic E-state index is 12.3. The van der Waals surface area contributed by atoms with Crippen molar-refractivity contribution in [2.75, 3.05) is 20.8 Å². The molecule has 0 amide bonds. The molecule has 6 nitrogen and oxygen atoms in total. The molecule has 0 bridgehead atoms. The normalized spacial score (nSPS) is 12.7. The second-order valence-corrected chi connectivity index (χ2v) is 5.29. The minimum Gasteiger partial charge on any atom is -0.493 e. The summed E-state index contributed by atoms with van der Waals surface area (Å²) in [5, 5.41) is 7.50. The maximum atomic E-state index is 12.3. The molecule has 0 radical (unpaired) electrons. The number of thiocarbonyl (C=S) groups is 1. The molecule has 1 aromatic rings. The van der Waals surface area contributed by atoms with Crippen LogP contribution in [0.15, 0.2) is 23.3 Å². The lowest BCUT2D eigenvalue weighted by molar-refractivity contribution is -0.0512. The molecule has 0 spiro atoms. The summed E-state index contributed by atoms with van der Waals surface area (Å²) in [6.45, 7) is 1.25. The van der Waals surface area contributed by atoms with Gasteiger partial charge in [-0.3, -0.25) is 5.43 Å². The molecular weight excluding hydrogens is 340 g/mol. The van der Waals surface area contributed by atoms with Crippen LogP contribution in [0.25, 0.3) is 0 Å². The van der Waals surface area contributed by atoms with Crippen LogP contribution in [-0.2, 0) is 4.74 Å². The van der Waals surface area contributed by atoms with E-state index in [1.165, 1.54) is 13.2 Å². The highest BCUT2D eigenvalue weighted by molar-refractivity contribution is 7.80. The minimum absolute atomic E-state index is 0.0383.